The lowest BCUT2D eigenvalue weighted by molar-refractivity contribution is 0.0470. The van der Waals surface area contributed by atoms with Crippen LogP contribution in [-0.4, -0.2) is 40.7 Å². The number of ether oxygens (including phenoxy) is 1. The van der Waals surface area contributed by atoms with Crippen LogP contribution in [0.1, 0.15) is 39.3 Å². The second kappa shape index (κ2) is 6.89. The molecule has 1 aromatic rings. The molecular weight excluding hydrogens is 266 g/mol. The lowest BCUT2D eigenvalue weighted by Crippen LogP contribution is -2.48. The number of hydrogen-bond donors (Lipinski definition) is 1. The van der Waals surface area contributed by atoms with Crippen molar-refractivity contribution >= 4 is 6.09 Å². The summed E-state index contributed by atoms with van der Waals surface area (Å²) in [7, 11) is 0. The molecule has 1 aliphatic heterocycles. The molecular formula is C16H25N3O2. The molecule has 0 aliphatic carbocycles. The van der Waals surface area contributed by atoms with Gasteiger partial charge in [0.1, 0.15) is 5.60 Å². The van der Waals surface area contributed by atoms with Crippen molar-refractivity contribution in [2.45, 2.75) is 51.8 Å². The number of hydrogen-bond acceptors (Lipinski definition) is 4. The molecule has 5 nitrogen and oxygen atoms in total. The van der Waals surface area contributed by atoms with Gasteiger partial charge in [-0.25, -0.2) is 4.79 Å². The Kier molecular flexibility index (Phi) is 5.17. The first-order chi connectivity index (χ1) is 9.92. The first-order valence-electron chi connectivity index (χ1n) is 7.54. The van der Waals surface area contributed by atoms with Crippen molar-refractivity contribution in [1.82, 2.24) is 15.2 Å². The largest absolute Gasteiger partial charge is 0.444 e. The first kappa shape index (κ1) is 15.8. The van der Waals surface area contributed by atoms with E-state index in [9.17, 15) is 4.79 Å². The highest BCUT2D eigenvalue weighted by Crippen LogP contribution is 2.14. The molecule has 116 valence electrons. The van der Waals surface area contributed by atoms with Crippen molar-refractivity contribution < 1.29 is 9.53 Å². The molecule has 2 rings (SSSR count). The molecule has 1 N–H and O–H groups in total. The second-order valence-corrected chi connectivity index (χ2v) is 6.54. The average molecular weight is 291 g/mol. The van der Waals surface area contributed by atoms with Crippen molar-refractivity contribution in [1.29, 1.82) is 0 Å². The maximum Gasteiger partial charge on any atom is 0.407 e. The molecule has 1 aliphatic rings. The second-order valence-electron chi connectivity index (χ2n) is 6.54. The average Bonchev–Trinajstić information content (AvgIpc) is 2.38. The molecule has 1 atom stereocenters. The quantitative estimate of drug-likeness (QED) is 0.930. The van der Waals surface area contributed by atoms with E-state index < -0.39 is 5.60 Å². The number of carbonyl (C=O) groups excluding carboxylic acids is 1. The third-order valence-corrected chi connectivity index (χ3v) is 3.34. The fourth-order valence-electron chi connectivity index (χ4n) is 2.51. The van der Waals surface area contributed by atoms with Gasteiger partial charge in [0, 0.05) is 25.3 Å². The highest BCUT2D eigenvalue weighted by molar-refractivity contribution is 5.68. The Bertz CT molecular complexity index is 456. The summed E-state index contributed by atoms with van der Waals surface area (Å²) >= 11 is 0. The molecule has 0 bridgehead atoms. The molecule has 1 aromatic heterocycles. The highest BCUT2D eigenvalue weighted by atomic mass is 16.6. The lowest BCUT2D eigenvalue weighted by Gasteiger charge is -2.33. The molecule has 1 amide bonds. The predicted molar refractivity (Wildman–Crippen MR) is 81.9 cm³/mol. The van der Waals surface area contributed by atoms with Gasteiger partial charge >= 0.3 is 6.09 Å². The third-order valence-electron chi connectivity index (χ3n) is 3.34. The van der Waals surface area contributed by atoms with Crippen LogP contribution in [0, 0.1) is 0 Å². The Morgan fingerprint density at radius 2 is 2.29 bits per heavy atom. The minimum Gasteiger partial charge on any atom is -0.444 e. The number of carbonyl (C=O) groups is 1. The van der Waals surface area contributed by atoms with Gasteiger partial charge in [0.2, 0.25) is 0 Å². The van der Waals surface area contributed by atoms with Gasteiger partial charge in [-0.15, -0.1) is 0 Å². The summed E-state index contributed by atoms with van der Waals surface area (Å²) in [6.07, 6.45) is 3.56. The number of pyridine rings is 1. The number of amides is 1. The molecule has 0 aromatic carbocycles. The molecule has 5 heteroatoms. The smallest absolute Gasteiger partial charge is 0.407 e. The maximum atomic E-state index is 11.8. The van der Waals surface area contributed by atoms with Gasteiger partial charge < -0.3 is 10.1 Å². The van der Waals surface area contributed by atoms with E-state index >= 15 is 0 Å². The van der Waals surface area contributed by atoms with E-state index in [0.717, 1.165) is 38.2 Å². The summed E-state index contributed by atoms with van der Waals surface area (Å²) in [4.78, 5) is 18.5. The summed E-state index contributed by atoms with van der Waals surface area (Å²) in [6, 6.07) is 6.11. The summed E-state index contributed by atoms with van der Waals surface area (Å²) < 4.78 is 5.31. The molecule has 1 fully saturated rings. The summed E-state index contributed by atoms with van der Waals surface area (Å²) in [5.41, 5.74) is 0.613. The molecule has 0 radical (unpaired) electrons. The molecule has 2 heterocycles. The van der Waals surface area contributed by atoms with Gasteiger partial charge in [0.05, 0.1) is 5.69 Å². The Morgan fingerprint density at radius 1 is 1.48 bits per heavy atom. The maximum absolute atomic E-state index is 11.8. The highest BCUT2D eigenvalue weighted by Gasteiger charge is 2.24. The minimum atomic E-state index is -0.452. The van der Waals surface area contributed by atoms with Crippen LogP contribution in [-0.2, 0) is 11.3 Å². The SMILES string of the molecule is CC(C)(C)OC(=O)NC1CCCN(Cc2ccccn2)C1. The Balaban J connectivity index is 1.82. The van der Waals surface area contributed by atoms with Gasteiger partial charge in [-0.3, -0.25) is 9.88 Å². The van der Waals surface area contributed by atoms with E-state index in [2.05, 4.69) is 15.2 Å². The summed E-state index contributed by atoms with van der Waals surface area (Å²) in [6.45, 7) is 8.34. The van der Waals surface area contributed by atoms with Gasteiger partial charge in [0.25, 0.3) is 0 Å². The van der Waals surface area contributed by atoms with Gasteiger partial charge in [-0.1, -0.05) is 6.07 Å². The van der Waals surface area contributed by atoms with Crippen LogP contribution in [0.25, 0.3) is 0 Å². The number of nitrogens with one attached hydrogen (secondary N) is 1. The zero-order chi connectivity index (χ0) is 15.3. The Hall–Kier alpha value is -1.62. The molecule has 1 saturated heterocycles. The van der Waals surface area contributed by atoms with Crippen molar-refractivity contribution in [2.24, 2.45) is 0 Å². The van der Waals surface area contributed by atoms with E-state index in [1.54, 1.807) is 0 Å². The standard InChI is InChI=1S/C16H25N3O2/c1-16(2,3)21-15(20)18-14-8-6-10-19(12-14)11-13-7-4-5-9-17-13/h4-5,7,9,14H,6,8,10-12H2,1-3H3,(H,18,20). The van der Waals surface area contributed by atoms with Crippen LogP contribution >= 0.6 is 0 Å². The van der Waals surface area contributed by atoms with Crippen LogP contribution in [0.2, 0.25) is 0 Å². The van der Waals surface area contributed by atoms with Gasteiger partial charge in [0.15, 0.2) is 0 Å². The molecule has 0 saturated carbocycles. The number of piperidine rings is 1. The fraction of sp³-hybridized carbons (Fsp3) is 0.625. The Morgan fingerprint density at radius 3 is 2.95 bits per heavy atom. The number of aromatic nitrogens is 1. The zero-order valence-corrected chi connectivity index (χ0v) is 13.1. The van der Waals surface area contributed by atoms with Crippen molar-refractivity contribution in [3.63, 3.8) is 0 Å². The van der Waals surface area contributed by atoms with Crippen LogP contribution in [0.5, 0.6) is 0 Å². The lowest BCUT2D eigenvalue weighted by atomic mass is 10.1. The van der Waals surface area contributed by atoms with Crippen LogP contribution in [0.3, 0.4) is 0 Å². The predicted octanol–water partition coefficient (Wildman–Crippen LogP) is 2.57. The molecule has 21 heavy (non-hydrogen) atoms. The number of rotatable bonds is 3. The summed E-state index contributed by atoms with van der Waals surface area (Å²) in [5, 5.41) is 2.97. The van der Waals surface area contributed by atoms with E-state index in [0.29, 0.717) is 0 Å². The topological polar surface area (TPSA) is 54.5 Å². The number of alkyl carbamates (subject to hydrolysis) is 1. The van der Waals surface area contributed by atoms with Crippen molar-refractivity contribution in [2.75, 3.05) is 13.1 Å². The molecule has 1 unspecified atom stereocenters. The van der Waals surface area contributed by atoms with Crippen molar-refractivity contribution in [3.05, 3.63) is 30.1 Å². The first-order valence-corrected chi connectivity index (χ1v) is 7.54. The fourth-order valence-corrected chi connectivity index (χ4v) is 2.51. The van der Waals surface area contributed by atoms with Crippen molar-refractivity contribution in [3.8, 4) is 0 Å². The van der Waals surface area contributed by atoms with E-state index in [4.69, 9.17) is 4.74 Å². The minimum absolute atomic E-state index is 0.150. The van der Waals surface area contributed by atoms with Gasteiger partial charge in [-0.2, -0.15) is 0 Å². The number of likely N-dealkylation sites (tertiary alicyclic amines) is 1. The van der Waals surface area contributed by atoms with Gasteiger partial charge in [-0.05, 0) is 52.3 Å². The van der Waals surface area contributed by atoms with E-state index in [1.807, 2.05) is 45.2 Å². The summed E-state index contributed by atoms with van der Waals surface area (Å²) in [5.74, 6) is 0. The zero-order valence-electron chi connectivity index (χ0n) is 13.1. The molecule has 0 spiro atoms. The Labute approximate surface area is 126 Å². The number of nitrogens with zero attached hydrogens (tertiary/aromatic N) is 2. The van der Waals surface area contributed by atoms with Crippen LogP contribution in [0.4, 0.5) is 4.79 Å². The monoisotopic (exact) mass is 291 g/mol. The van der Waals surface area contributed by atoms with E-state index in [1.165, 1.54) is 0 Å². The van der Waals surface area contributed by atoms with Crippen LogP contribution in [0.15, 0.2) is 24.4 Å². The van der Waals surface area contributed by atoms with Crippen LogP contribution < -0.4 is 5.32 Å². The third kappa shape index (κ3) is 5.71. The van der Waals surface area contributed by atoms with E-state index in [-0.39, 0.29) is 12.1 Å². The normalized spacial score (nSPS) is 20.0.